The molecule has 1 amide bonds. The lowest BCUT2D eigenvalue weighted by Crippen LogP contribution is -2.32. The predicted octanol–water partition coefficient (Wildman–Crippen LogP) is 1.84. The molecule has 0 bridgehead atoms. The van der Waals surface area contributed by atoms with E-state index in [0.29, 0.717) is 23.0 Å². The third kappa shape index (κ3) is 4.02. The van der Waals surface area contributed by atoms with Crippen LogP contribution in [0.5, 0.6) is 0 Å². The number of nitrogens with zero attached hydrogens (tertiary/aromatic N) is 3. The van der Waals surface area contributed by atoms with Crippen LogP contribution in [0.1, 0.15) is 35.4 Å². The van der Waals surface area contributed by atoms with Crippen LogP contribution in [0.25, 0.3) is 10.9 Å². The zero-order valence-corrected chi connectivity index (χ0v) is 15.6. The topological polar surface area (TPSA) is 67.2 Å². The van der Waals surface area contributed by atoms with Gasteiger partial charge in [0.2, 0.25) is 0 Å². The van der Waals surface area contributed by atoms with E-state index in [1.54, 1.807) is 34.7 Å². The number of rotatable bonds is 4. The van der Waals surface area contributed by atoms with Crippen LogP contribution >= 0.6 is 12.4 Å². The molecule has 0 atom stereocenters. The first kappa shape index (κ1) is 19.4. The van der Waals surface area contributed by atoms with Crippen LogP contribution in [0.15, 0.2) is 23.0 Å². The molecule has 7 heteroatoms. The molecular formula is C18H25ClN4O2. The number of aryl methyl sites for hydroxylation is 1. The summed E-state index contributed by atoms with van der Waals surface area (Å²) >= 11 is 0. The fourth-order valence-electron chi connectivity index (χ4n) is 3.15. The van der Waals surface area contributed by atoms with Crippen LogP contribution in [-0.4, -0.2) is 47.5 Å². The summed E-state index contributed by atoms with van der Waals surface area (Å²) in [6, 6.07) is 5.22. The van der Waals surface area contributed by atoms with E-state index in [2.05, 4.69) is 10.3 Å². The summed E-state index contributed by atoms with van der Waals surface area (Å²) in [7, 11) is 3.64. The average Bonchev–Trinajstić information content (AvgIpc) is 2.84. The van der Waals surface area contributed by atoms with E-state index in [9.17, 15) is 9.59 Å². The molecule has 136 valence electrons. The molecule has 1 aliphatic rings. The minimum Gasteiger partial charge on any atom is -0.340 e. The normalized spacial score (nSPS) is 13.7. The molecule has 1 N–H and O–H groups in total. The minimum absolute atomic E-state index is 0. The zero-order chi connectivity index (χ0) is 17.1. The second kappa shape index (κ2) is 8.45. The Morgan fingerprint density at radius 1 is 1.32 bits per heavy atom. The van der Waals surface area contributed by atoms with Crippen molar-refractivity contribution in [2.45, 2.75) is 32.2 Å². The number of aromatic nitrogens is 2. The van der Waals surface area contributed by atoms with Gasteiger partial charge in [-0.1, -0.05) is 6.42 Å². The molecule has 0 aliphatic carbocycles. The number of carbonyl (C=O) groups excluding carboxylic acids is 1. The van der Waals surface area contributed by atoms with E-state index in [4.69, 9.17) is 0 Å². The quantitative estimate of drug-likeness (QED) is 0.898. The third-order valence-corrected chi connectivity index (χ3v) is 4.61. The zero-order valence-electron chi connectivity index (χ0n) is 14.7. The minimum atomic E-state index is -0.0519. The van der Waals surface area contributed by atoms with E-state index < -0.39 is 0 Å². The number of likely N-dealkylation sites (N-methyl/N-ethyl adjacent to an activating group) is 2. The molecule has 2 heterocycles. The second-order valence-corrected chi connectivity index (χ2v) is 6.36. The number of carbonyl (C=O) groups is 1. The maximum atomic E-state index is 12.7. The molecule has 0 radical (unpaired) electrons. The van der Waals surface area contributed by atoms with Gasteiger partial charge in [0.25, 0.3) is 11.5 Å². The van der Waals surface area contributed by atoms with Crippen molar-refractivity contribution < 1.29 is 4.79 Å². The van der Waals surface area contributed by atoms with E-state index in [1.165, 1.54) is 0 Å². The van der Waals surface area contributed by atoms with Crippen molar-refractivity contribution in [2.24, 2.45) is 0 Å². The van der Waals surface area contributed by atoms with Gasteiger partial charge in [-0.05, 0) is 38.1 Å². The van der Waals surface area contributed by atoms with Crippen molar-refractivity contribution in [2.75, 3.05) is 27.2 Å². The van der Waals surface area contributed by atoms with Crippen LogP contribution in [0.3, 0.4) is 0 Å². The van der Waals surface area contributed by atoms with Crippen molar-refractivity contribution >= 4 is 29.2 Å². The number of hydrogen-bond acceptors (Lipinski definition) is 4. The van der Waals surface area contributed by atoms with Gasteiger partial charge in [-0.3, -0.25) is 14.2 Å². The lowest BCUT2D eigenvalue weighted by Gasteiger charge is -2.17. The van der Waals surface area contributed by atoms with Gasteiger partial charge < -0.3 is 10.2 Å². The summed E-state index contributed by atoms with van der Waals surface area (Å²) in [6.45, 7) is 2.11. The molecule has 25 heavy (non-hydrogen) atoms. The SMILES string of the molecule is CNCCN(C)C(=O)c1ccc2c(=O)n3c(nc2c1)CCCCC3.Cl. The maximum absolute atomic E-state index is 12.7. The number of nitrogens with one attached hydrogen (secondary N) is 1. The van der Waals surface area contributed by atoms with Gasteiger partial charge in [0, 0.05) is 38.7 Å². The van der Waals surface area contributed by atoms with E-state index in [-0.39, 0.29) is 23.9 Å². The molecule has 3 rings (SSSR count). The molecule has 0 saturated carbocycles. The molecule has 1 aromatic carbocycles. The van der Waals surface area contributed by atoms with Gasteiger partial charge in [0.1, 0.15) is 5.82 Å². The highest BCUT2D eigenvalue weighted by Gasteiger charge is 2.16. The molecular weight excluding hydrogens is 340 g/mol. The highest BCUT2D eigenvalue weighted by atomic mass is 35.5. The van der Waals surface area contributed by atoms with E-state index in [1.807, 2.05) is 7.05 Å². The highest BCUT2D eigenvalue weighted by molar-refractivity contribution is 5.97. The van der Waals surface area contributed by atoms with Crippen molar-refractivity contribution in [3.05, 3.63) is 39.9 Å². The summed E-state index contributed by atoms with van der Waals surface area (Å²) in [6.07, 6.45) is 4.03. The smallest absolute Gasteiger partial charge is 0.261 e. The molecule has 0 spiro atoms. The second-order valence-electron chi connectivity index (χ2n) is 6.36. The number of amides is 1. The molecule has 1 aromatic heterocycles. The molecule has 2 aromatic rings. The number of benzene rings is 1. The first-order valence-electron chi connectivity index (χ1n) is 8.55. The number of hydrogen-bond donors (Lipinski definition) is 1. The summed E-state index contributed by atoms with van der Waals surface area (Å²) in [4.78, 5) is 31.6. The molecule has 0 fully saturated rings. The molecule has 1 aliphatic heterocycles. The van der Waals surface area contributed by atoms with Crippen molar-refractivity contribution in [3.8, 4) is 0 Å². The Morgan fingerprint density at radius 2 is 2.12 bits per heavy atom. The summed E-state index contributed by atoms with van der Waals surface area (Å²) in [5, 5.41) is 3.62. The third-order valence-electron chi connectivity index (χ3n) is 4.61. The fraction of sp³-hybridized carbons (Fsp3) is 0.500. The van der Waals surface area contributed by atoms with Crippen LogP contribution in [0.4, 0.5) is 0 Å². The lowest BCUT2D eigenvalue weighted by molar-refractivity contribution is 0.0797. The van der Waals surface area contributed by atoms with E-state index in [0.717, 1.165) is 44.6 Å². The van der Waals surface area contributed by atoms with Gasteiger partial charge >= 0.3 is 0 Å². The Kier molecular flexibility index (Phi) is 6.56. The Bertz CT molecular complexity index is 819. The predicted molar refractivity (Wildman–Crippen MR) is 102 cm³/mol. The first-order chi connectivity index (χ1) is 11.6. The fourth-order valence-corrected chi connectivity index (χ4v) is 3.15. The molecule has 6 nitrogen and oxygen atoms in total. The Morgan fingerprint density at radius 3 is 2.88 bits per heavy atom. The largest absolute Gasteiger partial charge is 0.340 e. The van der Waals surface area contributed by atoms with Gasteiger partial charge in [-0.15, -0.1) is 12.4 Å². The average molecular weight is 365 g/mol. The standard InChI is InChI=1S/C18H24N4O2.ClH/c1-19-9-11-21(2)17(23)13-7-8-14-15(12-13)20-16-6-4-3-5-10-22(16)18(14)24;/h7-8,12,19H,3-6,9-11H2,1-2H3;1H. The van der Waals surface area contributed by atoms with E-state index >= 15 is 0 Å². The number of halogens is 1. The van der Waals surface area contributed by atoms with Crippen molar-refractivity contribution in [3.63, 3.8) is 0 Å². The molecule has 0 saturated heterocycles. The summed E-state index contributed by atoms with van der Waals surface area (Å²) < 4.78 is 1.80. The van der Waals surface area contributed by atoms with Crippen LogP contribution in [0, 0.1) is 0 Å². The van der Waals surface area contributed by atoms with Gasteiger partial charge in [0.05, 0.1) is 10.9 Å². The molecule has 0 unspecified atom stereocenters. The summed E-state index contributed by atoms with van der Waals surface area (Å²) in [5.74, 6) is 0.794. The van der Waals surface area contributed by atoms with Crippen LogP contribution in [-0.2, 0) is 13.0 Å². The van der Waals surface area contributed by atoms with Gasteiger partial charge in [0.15, 0.2) is 0 Å². The monoisotopic (exact) mass is 364 g/mol. The summed E-state index contributed by atoms with van der Waals surface area (Å²) in [5.41, 5.74) is 1.21. The Hall–Kier alpha value is -1.92. The first-order valence-corrected chi connectivity index (χ1v) is 8.55. The van der Waals surface area contributed by atoms with Crippen LogP contribution in [0.2, 0.25) is 0 Å². The van der Waals surface area contributed by atoms with Gasteiger partial charge in [-0.25, -0.2) is 4.98 Å². The highest BCUT2D eigenvalue weighted by Crippen LogP contribution is 2.17. The van der Waals surface area contributed by atoms with Crippen molar-refractivity contribution in [1.29, 1.82) is 0 Å². The lowest BCUT2D eigenvalue weighted by atomic mass is 10.1. The maximum Gasteiger partial charge on any atom is 0.261 e. The van der Waals surface area contributed by atoms with Crippen LogP contribution < -0.4 is 10.9 Å². The Labute approximate surface area is 153 Å². The number of fused-ring (bicyclic) bond motifs is 2. The van der Waals surface area contributed by atoms with Gasteiger partial charge in [-0.2, -0.15) is 0 Å². The van der Waals surface area contributed by atoms with Crippen molar-refractivity contribution in [1.82, 2.24) is 19.8 Å². The Balaban J connectivity index is 0.00000225.